The molecule has 7 heteroatoms. The average Bonchev–Trinajstić information content (AvgIpc) is 2.78. The van der Waals surface area contributed by atoms with E-state index in [4.69, 9.17) is 4.74 Å². The summed E-state index contributed by atoms with van der Waals surface area (Å²) in [6.07, 6.45) is 3.83. The number of piperazine rings is 1. The van der Waals surface area contributed by atoms with E-state index in [1.54, 1.807) is 13.2 Å². The monoisotopic (exact) mass is 499 g/mol. The number of anilines is 2. The molecule has 1 aliphatic rings. The van der Waals surface area contributed by atoms with Crippen molar-refractivity contribution in [2.75, 3.05) is 43.5 Å². The number of methoxy groups -OCH3 is 1. The molecule has 2 amide bonds. The molecule has 1 N–H and O–H groups in total. The highest BCUT2D eigenvalue weighted by Crippen LogP contribution is 2.24. The van der Waals surface area contributed by atoms with E-state index in [-0.39, 0.29) is 11.8 Å². The van der Waals surface area contributed by atoms with E-state index in [2.05, 4.69) is 40.0 Å². The second kappa shape index (κ2) is 11.2. The molecule has 1 aliphatic heterocycles. The van der Waals surface area contributed by atoms with Crippen LogP contribution in [-0.4, -0.2) is 50.0 Å². The maximum absolute atomic E-state index is 12.3. The van der Waals surface area contributed by atoms with Gasteiger partial charge in [-0.25, -0.2) is 0 Å². The SMILES string of the molecule is COc1ccc(Br)cc1/C=C/C(=O)Nc1ccc(N2CCN(C(=O)CC(C)C)CC2)cc1. The van der Waals surface area contributed by atoms with Gasteiger partial charge in [0.25, 0.3) is 0 Å². The summed E-state index contributed by atoms with van der Waals surface area (Å²) in [7, 11) is 1.60. The third kappa shape index (κ3) is 6.60. The number of benzene rings is 2. The van der Waals surface area contributed by atoms with Crippen LogP contribution in [0.2, 0.25) is 0 Å². The second-order valence-electron chi connectivity index (χ2n) is 8.22. The highest BCUT2D eigenvalue weighted by Gasteiger charge is 2.21. The van der Waals surface area contributed by atoms with Crippen LogP contribution in [0.4, 0.5) is 11.4 Å². The minimum Gasteiger partial charge on any atom is -0.496 e. The van der Waals surface area contributed by atoms with Crippen molar-refractivity contribution >= 4 is 45.2 Å². The molecule has 3 rings (SSSR count). The summed E-state index contributed by atoms with van der Waals surface area (Å²) in [5, 5.41) is 2.88. The number of nitrogens with one attached hydrogen (secondary N) is 1. The molecule has 1 heterocycles. The molecule has 32 heavy (non-hydrogen) atoms. The van der Waals surface area contributed by atoms with Gasteiger partial charge in [0, 0.05) is 60.1 Å². The number of halogens is 1. The molecule has 0 aliphatic carbocycles. The minimum atomic E-state index is -0.211. The van der Waals surface area contributed by atoms with Crippen LogP contribution in [0.3, 0.4) is 0 Å². The summed E-state index contributed by atoms with van der Waals surface area (Å²) >= 11 is 3.43. The molecule has 1 saturated heterocycles. The molecule has 0 saturated carbocycles. The topological polar surface area (TPSA) is 61.9 Å². The summed E-state index contributed by atoms with van der Waals surface area (Å²) in [5.41, 5.74) is 2.64. The Morgan fingerprint density at radius 1 is 1.09 bits per heavy atom. The van der Waals surface area contributed by atoms with Crippen molar-refractivity contribution in [1.82, 2.24) is 4.90 Å². The van der Waals surface area contributed by atoms with Crippen molar-refractivity contribution in [2.24, 2.45) is 5.92 Å². The number of amides is 2. The summed E-state index contributed by atoms with van der Waals surface area (Å²) in [4.78, 5) is 28.8. The van der Waals surface area contributed by atoms with E-state index in [0.29, 0.717) is 18.1 Å². The first-order valence-electron chi connectivity index (χ1n) is 10.8. The van der Waals surface area contributed by atoms with Crippen LogP contribution in [0.25, 0.3) is 6.08 Å². The Hall–Kier alpha value is -2.80. The third-order valence-corrected chi connectivity index (χ3v) is 5.81. The second-order valence-corrected chi connectivity index (χ2v) is 9.14. The molecule has 6 nitrogen and oxygen atoms in total. The molecule has 0 bridgehead atoms. The van der Waals surface area contributed by atoms with Gasteiger partial charge < -0.3 is 19.9 Å². The fourth-order valence-corrected chi connectivity index (χ4v) is 4.01. The van der Waals surface area contributed by atoms with Crippen LogP contribution in [0.1, 0.15) is 25.8 Å². The maximum Gasteiger partial charge on any atom is 0.248 e. The van der Waals surface area contributed by atoms with Gasteiger partial charge in [0.15, 0.2) is 0 Å². The lowest BCUT2D eigenvalue weighted by Gasteiger charge is -2.36. The van der Waals surface area contributed by atoms with Crippen LogP contribution >= 0.6 is 15.9 Å². The molecule has 0 spiro atoms. The van der Waals surface area contributed by atoms with Gasteiger partial charge in [0.05, 0.1) is 7.11 Å². The lowest BCUT2D eigenvalue weighted by molar-refractivity contribution is -0.132. The van der Waals surface area contributed by atoms with E-state index in [9.17, 15) is 9.59 Å². The lowest BCUT2D eigenvalue weighted by atomic mass is 10.1. The van der Waals surface area contributed by atoms with Crippen molar-refractivity contribution in [3.8, 4) is 5.75 Å². The van der Waals surface area contributed by atoms with Crippen LogP contribution in [0, 0.1) is 5.92 Å². The first kappa shape index (κ1) is 23.9. The average molecular weight is 500 g/mol. The normalized spacial score (nSPS) is 14.2. The highest BCUT2D eigenvalue weighted by atomic mass is 79.9. The zero-order valence-corrected chi connectivity index (χ0v) is 20.4. The van der Waals surface area contributed by atoms with E-state index >= 15 is 0 Å². The standard InChI is InChI=1S/C25H30BrN3O3/c1-18(2)16-25(31)29-14-12-28(13-15-29)22-8-6-21(7-9-22)27-24(30)11-4-19-17-20(26)5-10-23(19)32-3/h4-11,17-18H,12-16H2,1-3H3,(H,27,30)/b11-4+. The smallest absolute Gasteiger partial charge is 0.248 e. The zero-order chi connectivity index (χ0) is 23.1. The molecule has 0 atom stereocenters. The Morgan fingerprint density at radius 2 is 1.78 bits per heavy atom. The molecule has 0 aromatic heterocycles. The van der Waals surface area contributed by atoms with E-state index < -0.39 is 0 Å². The van der Waals surface area contributed by atoms with Crippen molar-refractivity contribution < 1.29 is 14.3 Å². The van der Waals surface area contributed by atoms with Gasteiger partial charge in [-0.05, 0) is 54.5 Å². The van der Waals surface area contributed by atoms with Gasteiger partial charge in [-0.2, -0.15) is 0 Å². The van der Waals surface area contributed by atoms with Gasteiger partial charge in [0.1, 0.15) is 5.75 Å². The summed E-state index contributed by atoms with van der Waals surface area (Å²) < 4.78 is 6.24. The maximum atomic E-state index is 12.3. The minimum absolute atomic E-state index is 0.211. The molecule has 170 valence electrons. The number of hydrogen-bond donors (Lipinski definition) is 1. The number of carbonyl (C=O) groups is 2. The Balaban J connectivity index is 1.53. The third-order valence-electron chi connectivity index (χ3n) is 5.32. The lowest BCUT2D eigenvalue weighted by Crippen LogP contribution is -2.49. The number of rotatable bonds is 7. The quantitative estimate of drug-likeness (QED) is 0.555. The molecule has 0 radical (unpaired) electrons. The Bertz CT molecular complexity index is 965. The first-order chi connectivity index (χ1) is 15.4. The van der Waals surface area contributed by atoms with Gasteiger partial charge in [0.2, 0.25) is 11.8 Å². The predicted molar refractivity (Wildman–Crippen MR) is 133 cm³/mol. The molecule has 0 unspecified atom stereocenters. The zero-order valence-electron chi connectivity index (χ0n) is 18.8. The van der Waals surface area contributed by atoms with E-state index in [1.165, 1.54) is 6.08 Å². The number of nitrogens with zero attached hydrogens (tertiary/aromatic N) is 2. The van der Waals surface area contributed by atoms with Gasteiger partial charge >= 0.3 is 0 Å². The number of hydrogen-bond acceptors (Lipinski definition) is 4. The summed E-state index contributed by atoms with van der Waals surface area (Å²) in [6, 6.07) is 13.4. The highest BCUT2D eigenvalue weighted by molar-refractivity contribution is 9.10. The van der Waals surface area contributed by atoms with Gasteiger partial charge in [-0.3, -0.25) is 9.59 Å². The Morgan fingerprint density at radius 3 is 2.41 bits per heavy atom. The van der Waals surface area contributed by atoms with Crippen LogP contribution in [0.5, 0.6) is 5.75 Å². The van der Waals surface area contributed by atoms with Gasteiger partial charge in [-0.15, -0.1) is 0 Å². The fraction of sp³-hybridized carbons (Fsp3) is 0.360. The van der Waals surface area contributed by atoms with E-state index in [1.807, 2.05) is 47.4 Å². The largest absolute Gasteiger partial charge is 0.496 e. The Kier molecular flexibility index (Phi) is 8.33. The molecule has 2 aromatic carbocycles. The molecular formula is C25H30BrN3O3. The van der Waals surface area contributed by atoms with Crippen LogP contribution < -0.4 is 15.0 Å². The van der Waals surface area contributed by atoms with E-state index in [0.717, 1.165) is 47.6 Å². The summed E-state index contributed by atoms with van der Waals surface area (Å²) in [5.74, 6) is 1.12. The summed E-state index contributed by atoms with van der Waals surface area (Å²) in [6.45, 7) is 7.25. The fourth-order valence-electron chi connectivity index (χ4n) is 3.63. The first-order valence-corrected chi connectivity index (χ1v) is 11.6. The number of ether oxygens (including phenoxy) is 1. The van der Waals surface area contributed by atoms with Crippen LogP contribution in [-0.2, 0) is 9.59 Å². The molecular weight excluding hydrogens is 470 g/mol. The predicted octanol–water partition coefficient (Wildman–Crippen LogP) is 4.80. The van der Waals surface area contributed by atoms with Crippen molar-refractivity contribution in [3.05, 3.63) is 58.6 Å². The van der Waals surface area contributed by atoms with Gasteiger partial charge in [-0.1, -0.05) is 29.8 Å². The molecule has 2 aromatic rings. The van der Waals surface area contributed by atoms with Crippen molar-refractivity contribution in [2.45, 2.75) is 20.3 Å². The number of carbonyl (C=O) groups excluding carboxylic acids is 2. The molecule has 1 fully saturated rings. The van der Waals surface area contributed by atoms with Crippen LogP contribution in [0.15, 0.2) is 53.0 Å². The van der Waals surface area contributed by atoms with Crippen molar-refractivity contribution in [1.29, 1.82) is 0 Å². The van der Waals surface area contributed by atoms with Crippen molar-refractivity contribution in [3.63, 3.8) is 0 Å². The Labute approximate surface area is 198 Å².